The second kappa shape index (κ2) is 8.54. The molecule has 1 aromatic carbocycles. The average molecular weight is 410 g/mol. The fourth-order valence-electron chi connectivity index (χ4n) is 3.71. The minimum Gasteiger partial charge on any atom is -0.379 e. The monoisotopic (exact) mass is 410 g/mol. The molecule has 2 aliphatic rings. The summed E-state index contributed by atoms with van der Waals surface area (Å²) in [6, 6.07) is 3.79. The molecule has 1 aliphatic carbocycles. The molecule has 10 heteroatoms. The van der Waals surface area contributed by atoms with E-state index in [1.165, 1.54) is 16.4 Å². The standard InChI is InChI=1S/C18H26N4O5S/c1-13-4-3-5-14(2)18(13)20-19-16-7-6-15(22(23)24)12-17(16)28(25,26)21-8-10-27-11-9-21/h6-7,12-14,19H,3-5,8-11H2,1-2H3/t13-,14-/m0/s1. The van der Waals surface area contributed by atoms with E-state index in [4.69, 9.17) is 4.74 Å². The molecular weight excluding hydrogens is 384 g/mol. The smallest absolute Gasteiger partial charge is 0.270 e. The van der Waals surface area contributed by atoms with Crippen LogP contribution in [0.4, 0.5) is 11.4 Å². The molecule has 0 bridgehead atoms. The molecule has 28 heavy (non-hydrogen) atoms. The molecule has 1 heterocycles. The van der Waals surface area contributed by atoms with Gasteiger partial charge in [-0.2, -0.15) is 9.41 Å². The van der Waals surface area contributed by atoms with Crippen LogP contribution in [-0.2, 0) is 14.8 Å². The van der Waals surface area contributed by atoms with Crippen LogP contribution in [0.15, 0.2) is 28.2 Å². The molecule has 9 nitrogen and oxygen atoms in total. The van der Waals surface area contributed by atoms with Crippen molar-refractivity contribution >= 4 is 27.1 Å². The van der Waals surface area contributed by atoms with Crippen LogP contribution in [0.5, 0.6) is 0 Å². The third kappa shape index (κ3) is 4.34. The summed E-state index contributed by atoms with van der Waals surface area (Å²) in [5, 5.41) is 15.7. The number of rotatable bonds is 5. The lowest BCUT2D eigenvalue weighted by atomic mass is 9.81. The molecule has 0 unspecified atom stereocenters. The Hall–Kier alpha value is -2.04. The highest BCUT2D eigenvalue weighted by Gasteiger charge is 2.31. The minimum absolute atomic E-state index is 0.135. The SMILES string of the molecule is C[C@H]1CCC[C@H](C)C1=NNc1ccc([N+](=O)[O-])cc1S(=O)(=O)N1CCOCC1. The van der Waals surface area contributed by atoms with E-state index < -0.39 is 14.9 Å². The molecule has 3 rings (SSSR count). The van der Waals surface area contributed by atoms with Gasteiger partial charge in [0, 0.05) is 30.9 Å². The van der Waals surface area contributed by atoms with Gasteiger partial charge in [-0.1, -0.05) is 20.3 Å². The van der Waals surface area contributed by atoms with Crippen molar-refractivity contribution < 1.29 is 18.1 Å². The maximum Gasteiger partial charge on any atom is 0.270 e. The Morgan fingerprint density at radius 2 is 1.86 bits per heavy atom. The molecular formula is C18H26N4O5S. The van der Waals surface area contributed by atoms with Crippen LogP contribution in [0.2, 0.25) is 0 Å². The number of hydrazone groups is 1. The maximum atomic E-state index is 13.1. The molecule has 1 N–H and O–H groups in total. The molecule has 2 fully saturated rings. The second-order valence-corrected chi connectivity index (χ2v) is 9.24. The van der Waals surface area contributed by atoms with Crippen LogP contribution in [0.1, 0.15) is 33.1 Å². The first kappa shape index (κ1) is 20.7. The van der Waals surface area contributed by atoms with Gasteiger partial charge in [0.2, 0.25) is 10.0 Å². The van der Waals surface area contributed by atoms with E-state index in [2.05, 4.69) is 24.4 Å². The van der Waals surface area contributed by atoms with Gasteiger partial charge in [-0.15, -0.1) is 0 Å². The van der Waals surface area contributed by atoms with Crippen LogP contribution in [0.3, 0.4) is 0 Å². The first-order valence-electron chi connectivity index (χ1n) is 9.50. The predicted molar refractivity (Wildman–Crippen MR) is 106 cm³/mol. The van der Waals surface area contributed by atoms with Crippen LogP contribution in [0, 0.1) is 22.0 Å². The second-order valence-electron chi connectivity index (χ2n) is 7.34. The van der Waals surface area contributed by atoms with Crippen molar-refractivity contribution in [1.82, 2.24) is 4.31 Å². The number of nitro benzene ring substituents is 1. The van der Waals surface area contributed by atoms with E-state index in [0.29, 0.717) is 25.0 Å². The number of ether oxygens (including phenoxy) is 1. The van der Waals surface area contributed by atoms with Crippen LogP contribution < -0.4 is 5.43 Å². The van der Waals surface area contributed by atoms with Gasteiger partial charge in [0.15, 0.2) is 0 Å². The van der Waals surface area contributed by atoms with Crippen molar-refractivity contribution in [2.45, 2.75) is 38.0 Å². The summed E-state index contributed by atoms with van der Waals surface area (Å²) in [5.41, 5.74) is 3.85. The average Bonchev–Trinajstić information content (AvgIpc) is 2.68. The Labute approximate surface area is 165 Å². The zero-order chi connectivity index (χ0) is 20.3. The topological polar surface area (TPSA) is 114 Å². The summed E-state index contributed by atoms with van der Waals surface area (Å²) in [7, 11) is -3.91. The van der Waals surface area contributed by atoms with Gasteiger partial charge >= 0.3 is 0 Å². The van der Waals surface area contributed by atoms with Crippen molar-refractivity contribution in [2.24, 2.45) is 16.9 Å². The highest BCUT2D eigenvalue weighted by Crippen LogP contribution is 2.31. The summed E-state index contributed by atoms with van der Waals surface area (Å²) >= 11 is 0. The van der Waals surface area contributed by atoms with Gasteiger partial charge in [-0.3, -0.25) is 15.5 Å². The van der Waals surface area contributed by atoms with Gasteiger partial charge in [0.05, 0.1) is 23.8 Å². The number of hydrogen-bond acceptors (Lipinski definition) is 7. The number of hydrogen-bond donors (Lipinski definition) is 1. The Bertz CT molecular complexity index is 853. The minimum atomic E-state index is -3.91. The first-order valence-corrected chi connectivity index (χ1v) is 10.9. The predicted octanol–water partition coefficient (Wildman–Crippen LogP) is 2.84. The summed E-state index contributed by atoms with van der Waals surface area (Å²) < 4.78 is 32.8. The van der Waals surface area contributed by atoms with E-state index in [1.54, 1.807) is 0 Å². The summed E-state index contributed by atoms with van der Waals surface area (Å²) in [6.07, 6.45) is 3.24. The highest BCUT2D eigenvalue weighted by atomic mass is 32.2. The van der Waals surface area contributed by atoms with Crippen LogP contribution in [0.25, 0.3) is 0 Å². The maximum absolute atomic E-state index is 13.1. The number of non-ortho nitro benzene ring substituents is 1. The number of anilines is 1. The molecule has 1 aromatic rings. The fraction of sp³-hybridized carbons (Fsp3) is 0.611. The Morgan fingerprint density at radius 3 is 2.46 bits per heavy atom. The van der Waals surface area contributed by atoms with Crippen molar-refractivity contribution in [2.75, 3.05) is 31.7 Å². The fourth-order valence-corrected chi connectivity index (χ4v) is 5.28. The molecule has 154 valence electrons. The Kier molecular flexibility index (Phi) is 6.31. The highest BCUT2D eigenvalue weighted by molar-refractivity contribution is 7.89. The zero-order valence-electron chi connectivity index (χ0n) is 16.1. The van der Waals surface area contributed by atoms with E-state index in [-0.39, 0.29) is 29.4 Å². The van der Waals surface area contributed by atoms with Crippen molar-refractivity contribution in [3.05, 3.63) is 28.3 Å². The molecule has 2 atom stereocenters. The lowest BCUT2D eigenvalue weighted by Crippen LogP contribution is -2.40. The van der Waals surface area contributed by atoms with E-state index in [0.717, 1.165) is 31.0 Å². The normalized spacial score (nSPS) is 24.0. The molecule has 0 amide bonds. The largest absolute Gasteiger partial charge is 0.379 e. The van der Waals surface area contributed by atoms with Crippen LogP contribution in [-0.4, -0.2) is 49.7 Å². The lowest BCUT2D eigenvalue weighted by molar-refractivity contribution is -0.385. The third-order valence-electron chi connectivity index (χ3n) is 5.35. The number of nitrogens with one attached hydrogen (secondary N) is 1. The molecule has 0 radical (unpaired) electrons. The summed E-state index contributed by atoms with van der Waals surface area (Å²) in [4.78, 5) is 10.5. The van der Waals surface area contributed by atoms with E-state index in [9.17, 15) is 18.5 Å². The van der Waals surface area contributed by atoms with Gasteiger partial charge < -0.3 is 4.74 Å². The van der Waals surface area contributed by atoms with Crippen molar-refractivity contribution in [3.8, 4) is 0 Å². The Balaban J connectivity index is 1.97. The van der Waals surface area contributed by atoms with Crippen molar-refractivity contribution in [1.29, 1.82) is 0 Å². The van der Waals surface area contributed by atoms with E-state index in [1.807, 2.05) is 0 Å². The quantitative estimate of drug-likeness (QED) is 0.590. The van der Waals surface area contributed by atoms with Gasteiger partial charge in [-0.05, 0) is 30.7 Å². The lowest BCUT2D eigenvalue weighted by Gasteiger charge is -2.28. The first-order chi connectivity index (χ1) is 13.3. The van der Waals surface area contributed by atoms with Crippen molar-refractivity contribution in [3.63, 3.8) is 0 Å². The number of sulfonamides is 1. The summed E-state index contributed by atoms with van der Waals surface area (Å²) in [5.74, 6) is 0.627. The van der Waals surface area contributed by atoms with Gasteiger partial charge in [0.1, 0.15) is 4.90 Å². The number of morpholine rings is 1. The molecule has 1 aliphatic heterocycles. The van der Waals surface area contributed by atoms with Crippen LogP contribution >= 0.6 is 0 Å². The molecule has 0 spiro atoms. The van der Waals surface area contributed by atoms with Gasteiger partial charge in [0.25, 0.3) is 5.69 Å². The molecule has 1 saturated carbocycles. The number of nitro groups is 1. The number of benzene rings is 1. The zero-order valence-corrected chi connectivity index (χ0v) is 16.9. The van der Waals surface area contributed by atoms with E-state index >= 15 is 0 Å². The Morgan fingerprint density at radius 1 is 1.21 bits per heavy atom. The molecule has 1 saturated heterocycles. The van der Waals surface area contributed by atoms with Gasteiger partial charge in [-0.25, -0.2) is 8.42 Å². The number of nitrogens with zero attached hydrogens (tertiary/aromatic N) is 3. The summed E-state index contributed by atoms with van der Waals surface area (Å²) in [6.45, 7) is 5.25. The third-order valence-corrected chi connectivity index (χ3v) is 7.29. The molecule has 0 aromatic heterocycles.